The molecule has 0 bridgehead atoms. The van der Waals surface area contributed by atoms with E-state index >= 15 is 0 Å². The van der Waals surface area contributed by atoms with E-state index in [4.69, 9.17) is 16.1 Å². The summed E-state index contributed by atoms with van der Waals surface area (Å²) in [7, 11) is 1.72. The molecule has 2 aromatic rings. The summed E-state index contributed by atoms with van der Waals surface area (Å²) in [5, 5.41) is 8.57. The fraction of sp³-hybridized carbons (Fsp3) is 0.533. The van der Waals surface area contributed by atoms with Gasteiger partial charge in [0.05, 0.1) is 17.3 Å². The van der Waals surface area contributed by atoms with Crippen LogP contribution >= 0.6 is 11.6 Å². The lowest BCUT2D eigenvalue weighted by molar-refractivity contribution is 0.0720. The summed E-state index contributed by atoms with van der Waals surface area (Å²) in [5.41, 5.74) is 1.25. The standard InChI is InChI=1S/C15H19ClN4O2/c1-3-5-10-8-12(18-22-10)13-6-4-7-20(13)15(21)14-11(16)9-17-19(14)2/h8-9,13H,3-7H2,1-2H3/t13-/m0/s1. The highest BCUT2D eigenvalue weighted by Crippen LogP contribution is 2.33. The molecule has 1 aliphatic rings. The first kappa shape index (κ1) is 15.1. The minimum absolute atomic E-state index is 0.0483. The lowest BCUT2D eigenvalue weighted by atomic mass is 10.1. The molecule has 1 aliphatic heterocycles. The van der Waals surface area contributed by atoms with Crippen LogP contribution in [0.4, 0.5) is 0 Å². The number of carbonyl (C=O) groups excluding carboxylic acids is 1. The molecular weight excluding hydrogens is 304 g/mol. The normalized spacial score (nSPS) is 18.1. The molecule has 2 aromatic heterocycles. The fourth-order valence-electron chi connectivity index (χ4n) is 2.95. The van der Waals surface area contributed by atoms with Crippen molar-refractivity contribution >= 4 is 17.5 Å². The first-order valence-electron chi connectivity index (χ1n) is 7.55. The molecule has 1 fully saturated rings. The minimum atomic E-state index is -0.104. The summed E-state index contributed by atoms with van der Waals surface area (Å²) >= 11 is 6.09. The zero-order chi connectivity index (χ0) is 15.7. The lowest BCUT2D eigenvalue weighted by Crippen LogP contribution is -2.32. The number of carbonyl (C=O) groups is 1. The van der Waals surface area contributed by atoms with Crippen molar-refractivity contribution in [1.29, 1.82) is 0 Å². The fourth-order valence-corrected chi connectivity index (χ4v) is 3.20. The first-order valence-corrected chi connectivity index (χ1v) is 7.93. The van der Waals surface area contributed by atoms with Gasteiger partial charge >= 0.3 is 0 Å². The second kappa shape index (κ2) is 6.12. The molecule has 0 spiro atoms. The van der Waals surface area contributed by atoms with Crippen LogP contribution in [-0.4, -0.2) is 32.3 Å². The number of aryl methyl sites for hydroxylation is 2. The van der Waals surface area contributed by atoms with Crippen molar-refractivity contribution in [2.24, 2.45) is 7.05 Å². The topological polar surface area (TPSA) is 64.2 Å². The molecule has 118 valence electrons. The lowest BCUT2D eigenvalue weighted by Gasteiger charge is -2.23. The maximum atomic E-state index is 12.8. The number of halogens is 1. The monoisotopic (exact) mass is 322 g/mol. The molecular formula is C15H19ClN4O2. The second-order valence-electron chi connectivity index (χ2n) is 5.59. The van der Waals surface area contributed by atoms with Gasteiger partial charge in [0.15, 0.2) is 0 Å². The molecule has 3 rings (SSSR count). The number of nitrogens with zero attached hydrogens (tertiary/aromatic N) is 4. The Labute approximate surface area is 134 Å². The Morgan fingerprint density at radius 1 is 1.55 bits per heavy atom. The van der Waals surface area contributed by atoms with Crippen LogP contribution in [0.1, 0.15) is 54.2 Å². The summed E-state index contributed by atoms with van der Waals surface area (Å²) in [6.45, 7) is 2.79. The average molecular weight is 323 g/mol. The molecule has 3 heterocycles. The van der Waals surface area contributed by atoms with Crippen LogP contribution in [-0.2, 0) is 13.5 Å². The molecule has 1 amide bonds. The van der Waals surface area contributed by atoms with Crippen LogP contribution in [0.5, 0.6) is 0 Å². The molecule has 0 radical (unpaired) electrons. The van der Waals surface area contributed by atoms with Gasteiger partial charge in [0, 0.05) is 26.1 Å². The number of likely N-dealkylation sites (tertiary alicyclic amines) is 1. The third kappa shape index (κ3) is 2.63. The smallest absolute Gasteiger partial charge is 0.274 e. The van der Waals surface area contributed by atoms with Crippen molar-refractivity contribution in [3.63, 3.8) is 0 Å². The van der Waals surface area contributed by atoms with Crippen molar-refractivity contribution in [2.45, 2.75) is 38.6 Å². The van der Waals surface area contributed by atoms with Crippen molar-refractivity contribution in [3.05, 3.63) is 34.4 Å². The predicted octanol–water partition coefficient (Wildman–Crippen LogP) is 2.99. The molecule has 22 heavy (non-hydrogen) atoms. The molecule has 0 saturated carbocycles. The Balaban J connectivity index is 1.85. The van der Waals surface area contributed by atoms with E-state index in [0.29, 0.717) is 17.3 Å². The Morgan fingerprint density at radius 2 is 2.36 bits per heavy atom. The number of hydrogen-bond acceptors (Lipinski definition) is 4. The van der Waals surface area contributed by atoms with Crippen molar-refractivity contribution < 1.29 is 9.32 Å². The molecule has 7 heteroatoms. The van der Waals surface area contributed by atoms with E-state index in [1.165, 1.54) is 10.9 Å². The Morgan fingerprint density at radius 3 is 3.05 bits per heavy atom. The van der Waals surface area contributed by atoms with E-state index in [2.05, 4.69) is 17.2 Å². The zero-order valence-corrected chi connectivity index (χ0v) is 13.5. The van der Waals surface area contributed by atoms with Crippen LogP contribution < -0.4 is 0 Å². The minimum Gasteiger partial charge on any atom is -0.361 e. The predicted molar refractivity (Wildman–Crippen MR) is 81.7 cm³/mol. The van der Waals surface area contributed by atoms with Gasteiger partial charge in [-0.3, -0.25) is 9.48 Å². The quantitative estimate of drug-likeness (QED) is 0.868. The van der Waals surface area contributed by atoms with Crippen molar-refractivity contribution in [2.75, 3.05) is 6.54 Å². The van der Waals surface area contributed by atoms with Crippen LogP contribution in [0, 0.1) is 0 Å². The Kier molecular flexibility index (Phi) is 4.20. The highest BCUT2D eigenvalue weighted by Gasteiger charge is 2.34. The number of amides is 1. The van der Waals surface area contributed by atoms with Gasteiger partial charge in [-0.25, -0.2) is 0 Å². The van der Waals surface area contributed by atoms with E-state index in [9.17, 15) is 4.79 Å². The molecule has 0 aliphatic carbocycles. The van der Waals surface area contributed by atoms with Gasteiger partial charge in [0.1, 0.15) is 17.1 Å². The molecule has 0 unspecified atom stereocenters. The molecule has 0 aromatic carbocycles. The summed E-state index contributed by atoms with van der Waals surface area (Å²) in [5.74, 6) is 0.767. The third-order valence-electron chi connectivity index (χ3n) is 4.03. The van der Waals surface area contributed by atoms with Crippen molar-refractivity contribution in [3.8, 4) is 0 Å². The molecule has 1 saturated heterocycles. The summed E-state index contributed by atoms with van der Waals surface area (Å²) in [6, 6.07) is 1.91. The highest BCUT2D eigenvalue weighted by atomic mass is 35.5. The van der Waals surface area contributed by atoms with E-state index < -0.39 is 0 Å². The van der Waals surface area contributed by atoms with Gasteiger partial charge in [-0.1, -0.05) is 23.7 Å². The molecule has 0 N–H and O–H groups in total. The maximum Gasteiger partial charge on any atom is 0.274 e. The zero-order valence-electron chi connectivity index (χ0n) is 12.8. The van der Waals surface area contributed by atoms with Gasteiger partial charge in [-0.05, 0) is 19.3 Å². The van der Waals surface area contributed by atoms with E-state index in [0.717, 1.165) is 37.1 Å². The average Bonchev–Trinajstić information content (AvgIpc) is 3.19. The van der Waals surface area contributed by atoms with E-state index in [-0.39, 0.29) is 11.9 Å². The Hall–Kier alpha value is -1.82. The summed E-state index contributed by atoms with van der Waals surface area (Å²) in [6.07, 6.45) is 5.20. The SMILES string of the molecule is CCCc1cc([C@@H]2CCCN2C(=O)c2c(Cl)cnn2C)no1. The number of aromatic nitrogens is 3. The molecule has 6 nitrogen and oxygen atoms in total. The highest BCUT2D eigenvalue weighted by molar-refractivity contribution is 6.33. The second-order valence-corrected chi connectivity index (χ2v) is 6.00. The summed E-state index contributed by atoms with van der Waals surface area (Å²) in [4.78, 5) is 14.6. The van der Waals surface area contributed by atoms with E-state index in [1.807, 2.05) is 11.0 Å². The first-order chi connectivity index (χ1) is 10.6. The van der Waals surface area contributed by atoms with Gasteiger partial charge in [-0.2, -0.15) is 5.10 Å². The Bertz CT molecular complexity index is 659. The van der Waals surface area contributed by atoms with Gasteiger partial charge in [0.25, 0.3) is 5.91 Å². The van der Waals surface area contributed by atoms with Gasteiger partial charge in [0.2, 0.25) is 0 Å². The van der Waals surface area contributed by atoms with Crippen molar-refractivity contribution in [1.82, 2.24) is 19.8 Å². The van der Waals surface area contributed by atoms with Gasteiger partial charge in [-0.15, -0.1) is 0 Å². The van der Waals surface area contributed by atoms with E-state index in [1.54, 1.807) is 7.05 Å². The van der Waals surface area contributed by atoms with Crippen LogP contribution in [0.25, 0.3) is 0 Å². The number of rotatable bonds is 4. The van der Waals surface area contributed by atoms with Crippen LogP contribution in [0.3, 0.4) is 0 Å². The largest absolute Gasteiger partial charge is 0.361 e. The third-order valence-corrected chi connectivity index (χ3v) is 4.30. The van der Waals surface area contributed by atoms with Gasteiger partial charge < -0.3 is 9.42 Å². The van der Waals surface area contributed by atoms with Crippen LogP contribution in [0.2, 0.25) is 5.02 Å². The van der Waals surface area contributed by atoms with Crippen LogP contribution in [0.15, 0.2) is 16.8 Å². The maximum absolute atomic E-state index is 12.8. The summed E-state index contributed by atoms with van der Waals surface area (Å²) < 4.78 is 6.87. The number of hydrogen-bond donors (Lipinski definition) is 0. The molecule has 1 atom stereocenters.